The second-order valence-corrected chi connectivity index (χ2v) is 3.50. The van der Waals surface area contributed by atoms with Crippen LogP contribution in [-0.4, -0.2) is 12.2 Å². The number of aromatic carboxylic acids is 1. The molecule has 0 bridgehead atoms. The van der Waals surface area contributed by atoms with Crippen LogP contribution < -0.4 is 24.0 Å². The van der Waals surface area contributed by atoms with Gasteiger partial charge in [-0.25, -0.2) is 0 Å². The van der Waals surface area contributed by atoms with E-state index < -0.39 is 5.97 Å². The van der Waals surface area contributed by atoms with Gasteiger partial charge in [0.25, 0.3) is 0 Å². The van der Waals surface area contributed by atoms with Gasteiger partial charge in [-0.1, -0.05) is 42.5 Å². The zero-order valence-electron chi connectivity index (χ0n) is 10.0. The van der Waals surface area contributed by atoms with Gasteiger partial charge in [0.05, 0.1) is 11.7 Å². The molecule has 0 amide bonds. The van der Waals surface area contributed by atoms with Crippen molar-refractivity contribution in [3.63, 3.8) is 0 Å². The van der Waals surface area contributed by atoms with Crippen LogP contribution in [0.4, 0.5) is 5.69 Å². The number of carbonyl (C=O) groups is 1. The summed E-state index contributed by atoms with van der Waals surface area (Å²) >= 11 is 0. The molecule has 0 spiro atoms. The Hall–Kier alpha value is -1.82. The van der Waals surface area contributed by atoms with Crippen LogP contribution in [0.1, 0.15) is 15.9 Å². The van der Waals surface area contributed by atoms with E-state index in [9.17, 15) is 9.90 Å². The predicted octanol–water partition coefficient (Wildman–Crippen LogP) is -1.20. The Labute approximate surface area is 117 Å². The van der Waals surface area contributed by atoms with Gasteiger partial charge in [-0.15, -0.1) is 0 Å². The number of nitrogens with zero attached hydrogens (tertiary/aromatic N) is 1. The van der Waals surface area contributed by atoms with Gasteiger partial charge in [0.1, 0.15) is 0 Å². The first-order chi connectivity index (χ1) is 8.25. The van der Waals surface area contributed by atoms with Crippen molar-refractivity contribution in [1.29, 1.82) is 0 Å². The molecule has 0 aliphatic heterocycles. The molecule has 18 heavy (non-hydrogen) atoms. The molecular formula is C14H10LiNO2. The van der Waals surface area contributed by atoms with Crippen molar-refractivity contribution in [3.05, 3.63) is 65.7 Å². The van der Waals surface area contributed by atoms with Gasteiger partial charge in [0, 0.05) is 6.21 Å². The molecule has 2 aromatic carbocycles. The molecule has 2 rings (SSSR count). The van der Waals surface area contributed by atoms with Crippen LogP contribution in [0, 0.1) is 0 Å². The largest absolute Gasteiger partial charge is 1.00 e. The third-order valence-corrected chi connectivity index (χ3v) is 2.27. The number of carbonyl (C=O) groups excluding carboxylic acids is 1. The Morgan fingerprint density at radius 1 is 1.00 bits per heavy atom. The van der Waals surface area contributed by atoms with E-state index in [0.29, 0.717) is 5.69 Å². The van der Waals surface area contributed by atoms with Gasteiger partial charge in [-0.3, -0.25) is 4.99 Å². The van der Waals surface area contributed by atoms with Crippen LogP contribution in [0.3, 0.4) is 0 Å². The molecule has 0 heterocycles. The molecule has 84 valence electrons. The number of aliphatic imine (C=N–C) groups is 1. The molecule has 0 radical (unpaired) electrons. The van der Waals surface area contributed by atoms with Crippen molar-refractivity contribution in [1.82, 2.24) is 0 Å². The number of benzene rings is 2. The zero-order valence-corrected chi connectivity index (χ0v) is 10.0. The molecule has 4 heteroatoms. The molecule has 0 saturated carbocycles. The van der Waals surface area contributed by atoms with E-state index in [1.54, 1.807) is 18.3 Å². The van der Waals surface area contributed by atoms with Crippen LogP contribution in [0.25, 0.3) is 0 Å². The first-order valence-corrected chi connectivity index (χ1v) is 5.16. The van der Waals surface area contributed by atoms with Crippen molar-refractivity contribution >= 4 is 17.9 Å². The molecule has 0 atom stereocenters. The van der Waals surface area contributed by atoms with Gasteiger partial charge >= 0.3 is 18.9 Å². The van der Waals surface area contributed by atoms with E-state index in [1.807, 2.05) is 30.3 Å². The molecule has 0 aliphatic carbocycles. The molecule has 3 nitrogen and oxygen atoms in total. The Balaban J connectivity index is 0.00000162. The van der Waals surface area contributed by atoms with Crippen LogP contribution in [-0.2, 0) is 0 Å². The smallest absolute Gasteiger partial charge is 0.545 e. The van der Waals surface area contributed by atoms with Gasteiger partial charge in [-0.05, 0) is 23.3 Å². The average molecular weight is 231 g/mol. The standard InChI is InChI=1S/C14H11NO2.Li/c16-14(17)12-6-8-13(9-7-12)15-10-11-4-2-1-3-5-11;/h1-10H,(H,16,17);/q;+1/p-1. The molecule has 0 N–H and O–H groups in total. The second-order valence-electron chi connectivity index (χ2n) is 3.50. The van der Waals surface area contributed by atoms with Gasteiger partial charge in [0.15, 0.2) is 0 Å². The Morgan fingerprint density at radius 3 is 2.17 bits per heavy atom. The summed E-state index contributed by atoms with van der Waals surface area (Å²) in [5.41, 5.74) is 1.86. The number of hydrogen-bond acceptors (Lipinski definition) is 3. The average Bonchev–Trinajstić information content (AvgIpc) is 2.38. The third kappa shape index (κ3) is 3.88. The van der Waals surface area contributed by atoms with Crippen LogP contribution in [0.15, 0.2) is 59.6 Å². The first kappa shape index (κ1) is 14.2. The molecule has 0 saturated heterocycles. The van der Waals surface area contributed by atoms with E-state index in [2.05, 4.69) is 4.99 Å². The van der Waals surface area contributed by atoms with Crippen LogP contribution in [0.2, 0.25) is 0 Å². The Kier molecular flexibility index (Phi) is 5.38. The SMILES string of the molecule is O=C([O-])c1ccc(N=Cc2ccccc2)cc1.[Li+]. The van der Waals surface area contributed by atoms with E-state index in [-0.39, 0.29) is 24.4 Å². The zero-order chi connectivity index (χ0) is 12.1. The monoisotopic (exact) mass is 231 g/mol. The number of carboxylic acids is 1. The quantitative estimate of drug-likeness (QED) is 0.492. The molecule has 0 aromatic heterocycles. The maximum atomic E-state index is 10.5. The maximum absolute atomic E-state index is 10.5. The normalized spacial score (nSPS) is 10.0. The summed E-state index contributed by atoms with van der Waals surface area (Å²) in [6.45, 7) is 0. The molecule has 0 aliphatic rings. The van der Waals surface area contributed by atoms with E-state index in [0.717, 1.165) is 5.56 Å². The molecular weight excluding hydrogens is 221 g/mol. The number of carboxylic acid groups (broad SMARTS) is 1. The van der Waals surface area contributed by atoms with Crippen molar-refractivity contribution in [2.24, 2.45) is 4.99 Å². The third-order valence-electron chi connectivity index (χ3n) is 2.27. The summed E-state index contributed by atoms with van der Waals surface area (Å²) in [5.74, 6) is -1.18. The van der Waals surface area contributed by atoms with Crippen LogP contribution >= 0.6 is 0 Å². The maximum Gasteiger partial charge on any atom is 1.00 e. The summed E-state index contributed by atoms with van der Waals surface area (Å²) in [6, 6.07) is 15.9. The minimum absolute atomic E-state index is 0. The second kappa shape index (κ2) is 6.80. The fourth-order valence-corrected chi connectivity index (χ4v) is 1.37. The summed E-state index contributed by atoms with van der Waals surface area (Å²) < 4.78 is 0. The topological polar surface area (TPSA) is 52.5 Å². The van der Waals surface area contributed by atoms with Crippen molar-refractivity contribution in [2.45, 2.75) is 0 Å². The summed E-state index contributed by atoms with van der Waals surface area (Å²) in [5, 5.41) is 10.5. The minimum atomic E-state index is -1.18. The Bertz CT molecular complexity index is 535. The fraction of sp³-hybridized carbons (Fsp3) is 0. The Morgan fingerprint density at radius 2 is 1.61 bits per heavy atom. The summed E-state index contributed by atoms with van der Waals surface area (Å²) in [4.78, 5) is 14.8. The van der Waals surface area contributed by atoms with E-state index >= 15 is 0 Å². The van der Waals surface area contributed by atoms with E-state index in [4.69, 9.17) is 0 Å². The first-order valence-electron chi connectivity index (χ1n) is 5.16. The molecule has 2 aromatic rings. The summed E-state index contributed by atoms with van der Waals surface area (Å²) in [6.07, 6.45) is 1.73. The number of hydrogen-bond donors (Lipinski definition) is 0. The van der Waals surface area contributed by atoms with Crippen molar-refractivity contribution < 1.29 is 28.8 Å². The van der Waals surface area contributed by atoms with Gasteiger partial charge < -0.3 is 9.90 Å². The van der Waals surface area contributed by atoms with Gasteiger partial charge in [0.2, 0.25) is 0 Å². The van der Waals surface area contributed by atoms with Crippen molar-refractivity contribution in [2.75, 3.05) is 0 Å². The van der Waals surface area contributed by atoms with Crippen molar-refractivity contribution in [3.8, 4) is 0 Å². The predicted molar refractivity (Wildman–Crippen MR) is 64.5 cm³/mol. The fourth-order valence-electron chi connectivity index (χ4n) is 1.37. The number of rotatable bonds is 3. The van der Waals surface area contributed by atoms with Crippen LogP contribution in [0.5, 0.6) is 0 Å². The van der Waals surface area contributed by atoms with E-state index in [1.165, 1.54) is 12.1 Å². The summed E-state index contributed by atoms with van der Waals surface area (Å²) in [7, 11) is 0. The molecule has 0 fully saturated rings. The van der Waals surface area contributed by atoms with Gasteiger partial charge in [-0.2, -0.15) is 0 Å². The molecule has 0 unspecified atom stereocenters. The minimum Gasteiger partial charge on any atom is -0.545 e.